The molecule has 1 aromatic heterocycles. The van der Waals surface area contributed by atoms with Crippen molar-refractivity contribution in [1.29, 1.82) is 0 Å². The Kier molecular flexibility index (Phi) is 4.53. The monoisotopic (exact) mass is 336 g/mol. The lowest BCUT2D eigenvalue weighted by atomic mass is 10.0. The summed E-state index contributed by atoms with van der Waals surface area (Å²) in [4.78, 5) is 17.3. The van der Waals surface area contributed by atoms with E-state index >= 15 is 0 Å². The van der Waals surface area contributed by atoms with Crippen LogP contribution in [-0.2, 0) is 0 Å². The molecule has 1 heterocycles. The molecule has 3 aromatic rings. The molecule has 4 heteroatoms. The molecule has 0 bridgehead atoms. The van der Waals surface area contributed by atoms with Gasteiger partial charge in [-0.3, -0.25) is 4.79 Å². The second-order valence-electron chi connectivity index (χ2n) is 6.64. The maximum Gasteiger partial charge on any atom is 0.252 e. The smallest absolute Gasteiger partial charge is 0.252 e. The van der Waals surface area contributed by atoms with Crippen molar-refractivity contribution in [3.63, 3.8) is 0 Å². The Morgan fingerprint density at radius 1 is 1.04 bits per heavy atom. The Balaban J connectivity index is 2.22. The fourth-order valence-electron chi connectivity index (χ4n) is 2.77. The van der Waals surface area contributed by atoms with Gasteiger partial charge < -0.3 is 5.32 Å². The number of fused-ring (bicyclic) bond motifs is 1. The van der Waals surface area contributed by atoms with Crippen LogP contribution in [0, 0.1) is 19.7 Å². The molecule has 2 aromatic carbocycles. The van der Waals surface area contributed by atoms with Crippen molar-refractivity contribution in [3.8, 4) is 11.3 Å². The predicted molar refractivity (Wildman–Crippen MR) is 99.2 cm³/mol. The van der Waals surface area contributed by atoms with Crippen LogP contribution in [0.3, 0.4) is 0 Å². The second kappa shape index (κ2) is 6.63. The predicted octanol–water partition coefficient (Wildman–Crippen LogP) is 4.80. The van der Waals surface area contributed by atoms with Gasteiger partial charge in [0.15, 0.2) is 0 Å². The van der Waals surface area contributed by atoms with Crippen LogP contribution in [-0.4, -0.2) is 16.9 Å². The summed E-state index contributed by atoms with van der Waals surface area (Å²) < 4.78 is 13.7. The normalized spacial score (nSPS) is 11.1. The molecule has 3 nitrogen and oxygen atoms in total. The topological polar surface area (TPSA) is 42.0 Å². The number of carbonyl (C=O) groups is 1. The minimum atomic E-state index is -0.383. The van der Waals surface area contributed by atoms with Crippen molar-refractivity contribution in [3.05, 3.63) is 65.0 Å². The first kappa shape index (κ1) is 17.1. The van der Waals surface area contributed by atoms with Gasteiger partial charge in [0.2, 0.25) is 0 Å². The molecule has 0 aliphatic heterocycles. The standard InChI is InChI=1S/C21H21FN2O/c1-12(2)23-21(25)18-11-20(15-6-5-13(3)14(4)9-15)24-19-8-7-16(22)10-17(18)19/h5-12H,1-4H3,(H,23,25). The average Bonchev–Trinajstić information content (AvgIpc) is 2.55. The van der Waals surface area contributed by atoms with Crippen LogP contribution in [0.25, 0.3) is 22.2 Å². The largest absolute Gasteiger partial charge is 0.350 e. The zero-order valence-corrected chi connectivity index (χ0v) is 14.9. The third-order valence-electron chi connectivity index (χ3n) is 4.24. The fraction of sp³-hybridized carbons (Fsp3) is 0.238. The van der Waals surface area contributed by atoms with Crippen LogP contribution in [0.2, 0.25) is 0 Å². The van der Waals surface area contributed by atoms with E-state index in [1.807, 2.05) is 32.9 Å². The van der Waals surface area contributed by atoms with E-state index in [-0.39, 0.29) is 17.8 Å². The van der Waals surface area contributed by atoms with Gasteiger partial charge in [-0.1, -0.05) is 12.1 Å². The van der Waals surface area contributed by atoms with Gasteiger partial charge in [0.05, 0.1) is 16.8 Å². The maximum absolute atomic E-state index is 13.7. The number of halogens is 1. The van der Waals surface area contributed by atoms with Gasteiger partial charge in [0.1, 0.15) is 5.82 Å². The van der Waals surface area contributed by atoms with Crippen molar-refractivity contribution in [2.24, 2.45) is 0 Å². The lowest BCUT2D eigenvalue weighted by molar-refractivity contribution is 0.0945. The summed E-state index contributed by atoms with van der Waals surface area (Å²) in [7, 11) is 0. The lowest BCUT2D eigenvalue weighted by Gasteiger charge is -2.13. The van der Waals surface area contributed by atoms with E-state index in [0.717, 1.165) is 11.1 Å². The molecule has 1 amide bonds. The number of benzene rings is 2. The van der Waals surface area contributed by atoms with Gasteiger partial charge in [0.25, 0.3) is 5.91 Å². The summed E-state index contributed by atoms with van der Waals surface area (Å²) in [5, 5.41) is 3.40. The average molecular weight is 336 g/mol. The lowest BCUT2D eigenvalue weighted by Crippen LogP contribution is -2.30. The molecule has 0 saturated carbocycles. The Morgan fingerprint density at radius 2 is 1.80 bits per heavy atom. The fourth-order valence-corrected chi connectivity index (χ4v) is 2.77. The summed E-state index contributed by atoms with van der Waals surface area (Å²) >= 11 is 0. The molecule has 0 aliphatic rings. The summed E-state index contributed by atoms with van der Waals surface area (Å²) in [5.41, 5.74) is 5.04. The summed E-state index contributed by atoms with van der Waals surface area (Å²) in [6, 6.07) is 12.2. The molecule has 0 fully saturated rings. The molecule has 0 saturated heterocycles. The van der Waals surface area contributed by atoms with E-state index in [9.17, 15) is 9.18 Å². The minimum Gasteiger partial charge on any atom is -0.350 e. The van der Waals surface area contributed by atoms with Crippen molar-refractivity contribution >= 4 is 16.8 Å². The minimum absolute atomic E-state index is 0.00524. The van der Waals surface area contributed by atoms with E-state index in [1.165, 1.54) is 17.7 Å². The molecule has 0 unspecified atom stereocenters. The Labute approximate surface area is 146 Å². The number of hydrogen-bond acceptors (Lipinski definition) is 2. The number of nitrogens with one attached hydrogen (secondary N) is 1. The highest BCUT2D eigenvalue weighted by Gasteiger charge is 2.15. The van der Waals surface area contributed by atoms with E-state index < -0.39 is 0 Å². The van der Waals surface area contributed by atoms with Crippen LogP contribution < -0.4 is 5.32 Å². The van der Waals surface area contributed by atoms with Gasteiger partial charge in [-0.2, -0.15) is 0 Å². The zero-order chi connectivity index (χ0) is 18.1. The highest BCUT2D eigenvalue weighted by atomic mass is 19.1. The van der Waals surface area contributed by atoms with Gasteiger partial charge in [-0.25, -0.2) is 9.37 Å². The van der Waals surface area contributed by atoms with E-state index in [2.05, 4.69) is 23.3 Å². The van der Waals surface area contributed by atoms with Gasteiger partial charge in [-0.05, 0) is 69.2 Å². The zero-order valence-electron chi connectivity index (χ0n) is 14.9. The van der Waals surface area contributed by atoms with E-state index in [0.29, 0.717) is 22.2 Å². The molecule has 0 aliphatic carbocycles. The number of rotatable bonds is 3. The molecule has 25 heavy (non-hydrogen) atoms. The molecule has 3 rings (SSSR count). The molecule has 1 N–H and O–H groups in total. The molecule has 128 valence electrons. The number of aryl methyl sites for hydroxylation is 2. The van der Waals surface area contributed by atoms with Crippen LogP contribution in [0.15, 0.2) is 42.5 Å². The highest BCUT2D eigenvalue weighted by Crippen LogP contribution is 2.27. The third-order valence-corrected chi connectivity index (χ3v) is 4.24. The summed E-state index contributed by atoms with van der Waals surface area (Å²) in [5.74, 6) is -0.607. The molecular weight excluding hydrogens is 315 g/mol. The quantitative estimate of drug-likeness (QED) is 0.747. The van der Waals surface area contributed by atoms with E-state index in [4.69, 9.17) is 0 Å². The Bertz CT molecular complexity index is 964. The first-order valence-corrected chi connectivity index (χ1v) is 8.34. The number of nitrogens with zero attached hydrogens (tertiary/aromatic N) is 1. The Hall–Kier alpha value is -2.75. The molecular formula is C21H21FN2O. The molecule has 0 spiro atoms. The van der Waals surface area contributed by atoms with Gasteiger partial charge in [-0.15, -0.1) is 0 Å². The number of carbonyl (C=O) groups excluding carboxylic acids is 1. The second-order valence-corrected chi connectivity index (χ2v) is 6.64. The number of pyridine rings is 1. The van der Waals surface area contributed by atoms with Gasteiger partial charge in [0, 0.05) is 17.0 Å². The summed E-state index contributed by atoms with van der Waals surface area (Å²) in [6.45, 7) is 7.89. The number of hydrogen-bond donors (Lipinski definition) is 1. The van der Waals surface area contributed by atoms with Crippen LogP contribution in [0.5, 0.6) is 0 Å². The van der Waals surface area contributed by atoms with Crippen molar-refractivity contribution in [2.75, 3.05) is 0 Å². The third kappa shape index (κ3) is 3.53. The van der Waals surface area contributed by atoms with Crippen LogP contribution >= 0.6 is 0 Å². The van der Waals surface area contributed by atoms with Crippen molar-refractivity contribution in [1.82, 2.24) is 10.3 Å². The van der Waals surface area contributed by atoms with Gasteiger partial charge >= 0.3 is 0 Å². The van der Waals surface area contributed by atoms with Crippen LogP contribution in [0.4, 0.5) is 4.39 Å². The SMILES string of the molecule is Cc1ccc(-c2cc(C(=O)NC(C)C)c3cc(F)ccc3n2)cc1C. The highest BCUT2D eigenvalue weighted by molar-refractivity contribution is 6.07. The van der Waals surface area contributed by atoms with Crippen LogP contribution in [0.1, 0.15) is 35.3 Å². The maximum atomic E-state index is 13.7. The first-order valence-electron chi connectivity index (χ1n) is 8.34. The molecule has 0 radical (unpaired) electrons. The van der Waals surface area contributed by atoms with E-state index in [1.54, 1.807) is 12.1 Å². The first-order chi connectivity index (χ1) is 11.8. The number of aromatic nitrogens is 1. The molecule has 0 atom stereocenters. The number of amides is 1. The summed E-state index contributed by atoms with van der Waals surface area (Å²) in [6.07, 6.45) is 0. The van der Waals surface area contributed by atoms with Crippen molar-refractivity contribution in [2.45, 2.75) is 33.7 Å². The Morgan fingerprint density at radius 3 is 2.48 bits per heavy atom. The van der Waals surface area contributed by atoms with Crippen molar-refractivity contribution < 1.29 is 9.18 Å².